The van der Waals surface area contributed by atoms with Crippen LogP contribution in [-0.2, 0) is 9.47 Å². The highest BCUT2D eigenvalue weighted by atomic mass is 16.5. The SMILES string of the molecule is C=CCN(CC=C)CCCOC(=O)c1ccc2oc3ccc(C(=O)OCCCN(CC=C)CC=C)cc3c2c1. The molecule has 0 atom stereocenters. The van der Waals surface area contributed by atoms with E-state index in [2.05, 4.69) is 36.1 Å². The summed E-state index contributed by atoms with van der Waals surface area (Å²) in [5, 5.41) is 1.48. The fourth-order valence-corrected chi connectivity index (χ4v) is 4.35. The molecule has 39 heavy (non-hydrogen) atoms. The second-order valence-corrected chi connectivity index (χ2v) is 9.18. The summed E-state index contributed by atoms with van der Waals surface area (Å²) >= 11 is 0. The van der Waals surface area contributed by atoms with Crippen molar-refractivity contribution in [2.45, 2.75) is 12.8 Å². The molecule has 0 N–H and O–H groups in total. The van der Waals surface area contributed by atoms with Crippen molar-refractivity contribution in [2.75, 3.05) is 52.5 Å². The Labute approximate surface area is 230 Å². The van der Waals surface area contributed by atoms with Gasteiger partial charge in [0.2, 0.25) is 0 Å². The Balaban J connectivity index is 1.62. The number of ether oxygens (including phenoxy) is 2. The van der Waals surface area contributed by atoms with E-state index >= 15 is 0 Å². The molecule has 0 spiro atoms. The zero-order chi connectivity index (χ0) is 28.0. The number of benzene rings is 2. The van der Waals surface area contributed by atoms with Crippen LogP contribution in [0.5, 0.6) is 0 Å². The van der Waals surface area contributed by atoms with Gasteiger partial charge in [-0.3, -0.25) is 9.80 Å². The molecule has 0 amide bonds. The standard InChI is InChI=1S/C32H38N2O5/c1-5-15-33(16-6-2)19-9-21-37-31(35)25-11-13-29-27(23-25)28-24-26(12-14-30(28)39-29)32(36)38-22-10-20-34(17-7-3)18-8-4/h5-8,11-14,23-24H,1-4,9-10,15-22H2. The maximum absolute atomic E-state index is 12.7. The first-order valence-electron chi connectivity index (χ1n) is 13.2. The fraction of sp³-hybridized carbons (Fsp3) is 0.312. The monoisotopic (exact) mass is 530 g/mol. The summed E-state index contributed by atoms with van der Waals surface area (Å²) < 4.78 is 16.9. The van der Waals surface area contributed by atoms with Crippen LogP contribution < -0.4 is 0 Å². The first-order chi connectivity index (χ1) is 19.0. The minimum Gasteiger partial charge on any atom is -0.462 e. The summed E-state index contributed by atoms with van der Waals surface area (Å²) in [5.41, 5.74) is 2.11. The second-order valence-electron chi connectivity index (χ2n) is 9.18. The van der Waals surface area contributed by atoms with Gasteiger partial charge in [0.25, 0.3) is 0 Å². The van der Waals surface area contributed by atoms with Gasteiger partial charge in [0.1, 0.15) is 11.2 Å². The molecule has 0 radical (unpaired) electrons. The van der Waals surface area contributed by atoms with Gasteiger partial charge < -0.3 is 13.9 Å². The summed E-state index contributed by atoms with van der Waals surface area (Å²) in [6.45, 7) is 20.3. The van der Waals surface area contributed by atoms with E-state index in [4.69, 9.17) is 13.9 Å². The van der Waals surface area contributed by atoms with Crippen LogP contribution in [-0.4, -0.2) is 74.2 Å². The molecular formula is C32H38N2O5. The molecule has 0 unspecified atom stereocenters. The Morgan fingerprint density at radius 2 is 1.05 bits per heavy atom. The Bertz CT molecular complexity index is 1190. The number of carbonyl (C=O) groups is 2. The van der Waals surface area contributed by atoms with E-state index in [0.717, 1.165) is 50.0 Å². The van der Waals surface area contributed by atoms with E-state index < -0.39 is 11.9 Å². The highest BCUT2D eigenvalue weighted by Gasteiger charge is 2.15. The summed E-state index contributed by atoms with van der Waals surface area (Å²) in [7, 11) is 0. The third-order valence-corrected chi connectivity index (χ3v) is 6.19. The van der Waals surface area contributed by atoms with Crippen LogP contribution in [0.2, 0.25) is 0 Å². The molecule has 0 bridgehead atoms. The number of nitrogens with zero attached hydrogens (tertiary/aromatic N) is 2. The molecule has 2 aromatic carbocycles. The third-order valence-electron chi connectivity index (χ3n) is 6.19. The van der Waals surface area contributed by atoms with E-state index in [9.17, 15) is 9.59 Å². The van der Waals surface area contributed by atoms with Gasteiger partial charge in [-0.15, -0.1) is 26.3 Å². The maximum Gasteiger partial charge on any atom is 0.338 e. The molecule has 0 fully saturated rings. The van der Waals surface area contributed by atoms with Gasteiger partial charge in [-0.2, -0.15) is 0 Å². The molecule has 0 aliphatic carbocycles. The van der Waals surface area contributed by atoms with Gasteiger partial charge in [0, 0.05) is 50.0 Å². The molecule has 0 aliphatic rings. The Hall–Kier alpha value is -3.94. The van der Waals surface area contributed by atoms with Crippen molar-refractivity contribution in [1.82, 2.24) is 9.80 Å². The average molecular weight is 531 g/mol. The molecule has 206 valence electrons. The van der Waals surface area contributed by atoms with Crippen molar-refractivity contribution >= 4 is 33.9 Å². The number of hydrogen-bond acceptors (Lipinski definition) is 7. The highest BCUT2D eigenvalue weighted by molar-refractivity contribution is 6.09. The molecule has 1 heterocycles. The quantitative estimate of drug-likeness (QED) is 0.113. The van der Waals surface area contributed by atoms with E-state index in [1.54, 1.807) is 36.4 Å². The van der Waals surface area contributed by atoms with Crippen molar-refractivity contribution in [3.05, 3.63) is 98.1 Å². The summed E-state index contributed by atoms with van der Waals surface area (Å²) in [6, 6.07) is 10.4. The largest absolute Gasteiger partial charge is 0.462 e. The molecule has 7 nitrogen and oxygen atoms in total. The summed E-state index contributed by atoms with van der Waals surface area (Å²) in [5.74, 6) is -0.800. The first-order valence-corrected chi connectivity index (χ1v) is 13.2. The Morgan fingerprint density at radius 1 is 0.667 bits per heavy atom. The maximum atomic E-state index is 12.7. The van der Waals surface area contributed by atoms with Crippen LogP contribution in [0.4, 0.5) is 0 Å². The highest BCUT2D eigenvalue weighted by Crippen LogP contribution is 2.30. The molecular weight excluding hydrogens is 492 g/mol. The van der Waals surface area contributed by atoms with Gasteiger partial charge in [-0.05, 0) is 49.2 Å². The van der Waals surface area contributed by atoms with Crippen LogP contribution in [0, 0.1) is 0 Å². The molecule has 3 rings (SSSR count). The Kier molecular flexibility index (Phi) is 11.7. The van der Waals surface area contributed by atoms with Crippen LogP contribution in [0.25, 0.3) is 21.9 Å². The minimum absolute atomic E-state index is 0.308. The van der Waals surface area contributed by atoms with Crippen molar-refractivity contribution < 1.29 is 23.5 Å². The zero-order valence-electron chi connectivity index (χ0n) is 22.6. The summed E-state index contributed by atoms with van der Waals surface area (Å²) in [4.78, 5) is 29.7. The Morgan fingerprint density at radius 3 is 1.41 bits per heavy atom. The van der Waals surface area contributed by atoms with Crippen molar-refractivity contribution in [1.29, 1.82) is 0 Å². The van der Waals surface area contributed by atoms with E-state index in [-0.39, 0.29) is 0 Å². The number of carbonyl (C=O) groups excluding carboxylic acids is 2. The topological polar surface area (TPSA) is 72.2 Å². The lowest BCUT2D eigenvalue weighted by molar-refractivity contribution is 0.0481. The van der Waals surface area contributed by atoms with Crippen LogP contribution >= 0.6 is 0 Å². The predicted molar refractivity (Wildman–Crippen MR) is 157 cm³/mol. The van der Waals surface area contributed by atoms with E-state index in [0.29, 0.717) is 48.3 Å². The first kappa shape index (κ1) is 29.6. The second kappa shape index (κ2) is 15.5. The normalized spacial score (nSPS) is 11.1. The van der Waals surface area contributed by atoms with Crippen LogP contribution in [0.1, 0.15) is 33.6 Å². The molecule has 0 aliphatic heterocycles. The molecule has 0 saturated carbocycles. The lowest BCUT2D eigenvalue weighted by Gasteiger charge is -2.18. The van der Waals surface area contributed by atoms with Gasteiger partial charge in [0.15, 0.2) is 0 Å². The fourth-order valence-electron chi connectivity index (χ4n) is 4.35. The van der Waals surface area contributed by atoms with Crippen molar-refractivity contribution in [2.24, 2.45) is 0 Å². The third kappa shape index (κ3) is 8.53. The predicted octanol–water partition coefficient (Wildman–Crippen LogP) is 6.03. The van der Waals surface area contributed by atoms with Gasteiger partial charge in [0.05, 0.1) is 24.3 Å². The zero-order valence-corrected chi connectivity index (χ0v) is 22.6. The lowest BCUT2D eigenvalue weighted by atomic mass is 10.1. The van der Waals surface area contributed by atoms with Gasteiger partial charge in [-0.1, -0.05) is 24.3 Å². The van der Waals surface area contributed by atoms with Crippen LogP contribution in [0.3, 0.4) is 0 Å². The molecule has 0 saturated heterocycles. The molecule has 7 heteroatoms. The van der Waals surface area contributed by atoms with Gasteiger partial charge >= 0.3 is 11.9 Å². The number of furan rings is 1. The number of esters is 2. The van der Waals surface area contributed by atoms with Gasteiger partial charge in [-0.25, -0.2) is 9.59 Å². The van der Waals surface area contributed by atoms with E-state index in [1.807, 2.05) is 24.3 Å². The molecule has 3 aromatic rings. The lowest BCUT2D eigenvalue weighted by Crippen LogP contribution is -2.26. The van der Waals surface area contributed by atoms with Crippen LogP contribution in [0.15, 0.2) is 91.4 Å². The number of rotatable bonds is 18. The molecule has 1 aromatic heterocycles. The smallest absolute Gasteiger partial charge is 0.338 e. The van der Waals surface area contributed by atoms with E-state index in [1.165, 1.54) is 0 Å². The minimum atomic E-state index is -0.400. The summed E-state index contributed by atoms with van der Waals surface area (Å²) in [6.07, 6.45) is 8.78. The number of fused-ring (bicyclic) bond motifs is 3. The van der Waals surface area contributed by atoms with Crippen molar-refractivity contribution in [3.63, 3.8) is 0 Å². The van der Waals surface area contributed by atoms with Crippen molar-refractivity contribution in [3.8, 4) is 0 Å². The average Bonchev–Trinajstić information content (AvgIpc) is 3.30. The number of hydrogen-bond donors (Lipinski definition) is 0.